The largest absolute Gasteiger partial charge is 0.369 e. The molecule has 0 aliphatic carbocycles. The number of hydrogen-bond acceptors (Lipinski definition) is 8. The first kappa shape index (κ1) is 40.3. The van der Waals surface area contributed by atoms with Gasteiger partial charge < -0.3 is 9.80 Å². The van der Waals surface area contributed by atoms with Crippen molar-refractivity contribution >= 4 is 124 Å². The molecule has 8 heteroatoms. The van der Waals surface area contributed by atoms with Gasteiger partial charge in [-0.25, -0.2) is 9.97 Å². The Morgan fingerprint density at radius 3 is 1.29 bits per heavy atom. The third-order valence-electron chi connectivity index (χ3n) is 13.4. The van der Waals surface area contributed by atoms with Crippen LogP contribution in [0.3, 0.4) is 0 Å². The number of anilines is 8. The first-order chi connectivity index (χ1) is 33.6. The smallest absolute Gasteiger partial charge is 0.138 e. The highest BCUT2D eigenvalue weighted by Gasteiger charge is 2.25. The van der Waals surface area contributed by atoms with Crippen molar-refractivity contribution in [2.24, 2.45) is 0 Å². The van der Waals surface area contributed by atoms with E-state index in [2.05, 4.69) is 239 Å². The minimum absolute atomic E-state index is 0.843. The number of rotatable bonds is 8. The molecular formula is C60H44N6S2. The van der Waals surface area contributed by atoms with Crippen molar-refractivity contribution in [3.63, 3.8) is 0 Å². The number of nitrogens with zero attached hydrogens (tertiary/aromatic N) is 6. The summed E-state index contributed by atoms with van der Waals surface area (Å²) in [4.78, 5) is 22.8. The van der Waals surface area contributed by atoms with Crippen molar-refractivity contribution in [2.75, 3.05) is 46.8 Å². The normalized spacial score (nSPS) is 13.1. The standard InChI is InChI=1S/C60H44N6S2/c1-63-33-9-13-41-23-21-39-25-31-53(61-57(39)59(41)63)65(43-15-5-3-6-16-43)45-27-29-47-49(37-45)50-38-46(28-30-48(50)56(52-20-12-36-68-52)55(47)51-19-11-35-67-51)66(44-17-7-4-8-18-44)54-32-26-40-22-24-42-14-10-34-64(2)60(42)58(40)62-54/h3-32,35-38H,33-34H2,1-2H3. The summed E-state index contributed by atoms with van der Waals surface area (Å²) in [6, 6.07) is 61.7. The van der Waals surface area contributed by atoms with Crippen LogP contribution < -0.4 is 19.6 Å². The maximum Gasteiger partial charge on any atom is 0.138 e. The lowest BCUT2D eigenvalue weighted by Crippen LogP contribution is -2.21. The molecule has 0 unspecified atom stereocenters. The van der Waals surface area contributed by atoms with Gasteiger partial charge in [-0.1, -0.05) is 109 Å². The molecule has 4 aromatic heterocycles. The number of hydrogen-bond donors (Lipinski definition) is 0. The van der Waals surface area contributed by atoms with E-state index in [1.54, 1.807) is 22.7 Å². The second kappa shape index (κ2) is 16.4. The summed E-state index contributed by atoms with van der Waals surface area (Å²) in [5.41, 5.74) is 13.3. The second-order valence-corrected chi connectivity index (χ2v) is 19.5. The zero-order chi connectivity index (χ0) is 45.3. The first-order valence-electron chi connectivity index (χ1n) is 23.0. The summed E-state index contributed by atoms with van der Waals surface area (Å²) in [7, 11) is 4.31. The van der Waals surface area contributed by atoms with Crippen molar-refractivity contribution in [3.8, 4) is 20.9 Å². The van der Waals surface area contributed by atoms with Crippen LogP contribution in [-0.2, 0) is 0 Å². The highest BCUT2D eigenvalue weighted by Crippen LogP contribution is 2.50. The van der Waals surface area contributed by atoms with Crippen molar-refractivity contribution in [1.29, 1.82) is 0 Å². The van der Waals surface area contributed by atoms with Crippen molar-refractivity contribution in [1.82, 2.24) is 9.97 Å². The summed E-state index contributed by atoms with van der Waals surface area (Å²) in [6.45, 7) is 1.69. The molecule has 326 valence electrons. The van der Waals surface area contributed by atoms with E-state index in [1.807, 2.05) is 0 Å². The maximum absolute atomic E-state index is 5.53. The molecule has 0 spiro atoms. The summed E-state index contributed by atoms with van der Waals surface area (Å²) < 4.78 is 0. The number of pyridine rings is 2. The predicted molar refractivity (Wildman–Crippen MR) is 293 cm³/mol. The van der Waals surface area contributed by atoms with Gasteiger partial charge in [0.15, 0.2) is 0 Å². The number of thiophene rings is 2. The van der Waals surface area contributed by atoms with Gasteiger partial charge in [0.1, 0.15) is 11.6 Å². The lowest BCUT2D eigenvalue weighted by Gasteiger charge is -2.28. The molecule has 11 aromatic rings. The molecule has 6 heterocycles. The molecule has 0 atom stereocenters. The van der Waals surface area contributed by atoms with Gasteiger partial charge in [-0.3, -0.25) is 9.80 Å². The van der Waals surface area contributed by atoms with Crippen LogP contribution in [0.15, 0.2) is 193 Å². The van der Waals surface area contributed by atoms with Crippen LogP contribution in [0.5, 0.6) is 0 Å². The summed E-state index contributed by atoms with van der Waals surface area (Å²) >= 11 is 3.58. The third-order valence-corrected chi connectivity index (χ3v) is 15.2. The Balaban J connectivity index is 1.08. The van der Waals surface area contributed by atoms with E-state index in [-0.39, 0.29) is 0 Å². The Morgan fingerprint density at radius 2 is 0.868 bits per heavy atom. The minimum atomic E-state index is 0.843. The first-order valence-corrected chi connectivity index (χ1v) is 24.8. The van der Waals surface area contributed by atoms with Gasteiger partial charge >= 0.3 is 0 Å². The van der Waals surface area contributed by atoms with E-state index < -0.39 is 0 Å². The predicted octanol–water partition coefficient (Wildman–Crippen LogP) is 16.4. The molecule has 6 nitrogen and oxygen atoms in total. The highest BCUT2D eigenvalue weighted by molar-refractivity contribution is 7.14. The van der Waals surface area contributed by atoms with Gasteiger partial charge in [-0.2, -0.15) is 0 Å². The van der Waals surface area contributed by atoms with Crippen LogP contribution in [0.25, 0.3) is 76.4 Å². The van der Waals surface area contributed by atoms with Crippen LogP contribution >= 0.6 is 22.7 Å². The summed E-state index contributed by atoms with van der Waals surface area (Å²) in [5.74, 6) is 1.72. The quantitative estimate of drug-likeness (QED) is 0.141. The van der Waals surface area contributed by atoms with E-state index in [9.17, 15) is 0 Å². The monoisotopic (exact) mass is 912 g/mol. The topological polar surface area (TPSA) is 38.7 Å². The number of fused-ring (bicyclic) bond motifs is 9. The third kappa shape index (κ3) is 6.67. The molecule has 7 aromatic carbocycles. The van der Waals surface area contributed by atoms with Crippen molar-refractivity contribution < 1.29 is 0 Å². The zero-order valence-electron chi connectivity index (χ0n) is 37.5. The number of aromatic nitrogens is 2. The average molecular weight is 913 g/mol. The number of likely N-dealkylation sites (N-methyl/N-ethyl adjacent to an activating group) is 2. The lowest BCUT2D eigenvalue weighted by molar-refractivity contribution is 1.02. The molecule has 2 aliphatic rings. The number of benzene rings is 7. The van der Waals surface area contributed by atoms with E-state index in [1.165, 1.54) is 42.8 Å². The fraction of sp³-hybridized carbons (Fsp3) is 0.0667. The van der Waals surface area contributed by atoms with Crippen LogP contribution in [0.4, 0.5) is 45.8 Å². The molecule has 68 heavy (non-hydrogen) atoms. The number of para-hydroxylation sites is 2. The van der Waals surface area contributed by atoms with Gasteiger partial charge in [0.05, 0.1) is 22.4 Å². The van der Waals surface area contributed by atoms with Crippen LogP contribution in [0.1, 0.15) is 11.1 Å². The molecular weight excluding hydrogens is 869 g/mol. The van der Waals surface area contributed by atoms with Gasteiger partial charge in [0, 0.05) is 81.6 Å². The molecule has 0 radical (unpaired) electrons. The fourth-order valence-corrected chi connectivity index (χ4v) is 11.9. The lowest BCUT2D eigenvalue weighted by atomic mass is 9.89. The Bertz CT molecular complexity index is 3540. The minimum Gasteiger partial charge on any atom is -0.369 e. The highest BCUT2D eigenvalue weighted by atomic mass is 32.1. The zero-order valence-corrected chi connectivity index (χ0v) is 39.2. The van der Waals surface area contributed by atoms with E-state index >= 15 is 0 Å². The molecule has 0 saturated heterocycles. The van der Waals surface area contributed by atoms with Gasteiger partial charge in [0.25, 0.3) is 0 Å². The molecule has 2 aliphatic heterocycles. The molecule has 0 saturated carbocycles. The average Bonchev–Trinajstić information content (AvgIpc) is 4.13. The Hall–Kier alpha value is -8.04. The van der Waals surface area contributed by atoms with Crippen molar-refractivity contribution in [2.45, 2.75) is 0 Å². The molecule has 13 rings (SSSR count). The SMILES string of the molecule is CN1CC=Cc2ccc3ccc(N(c4ccccc4)c4ccc5c(-c6cccs6)c(-c6cccs6)c6ccc(N(c7ccccc7)c7ccc8ccc9c(c8n7)N(C)CC=C9)cc6c5c4)nc3c21. The van der Waals surface area contributed by atoms with E-state index in [0.29, 0.717) is 0 Å². The Labute approximate surface area is 403 Å². The second-order valence-electron chi connectivity index (χ2n) is 17.6. The van der Waals surface area contributed by atoms with Crippen LogP contribution in [0.2, 0.25) is 0 Å². The van der Waals surface area contributed by atoms with E-state index in [4.69, 9.17) is 9.97 Å². The summed E-state index contributed by atoms with van der Waals surface area (Å²) in [6.07, 6.45) is 8.87. The van der Waals surface area contributed by atoms with Crippen LogP contribution in [0, 0.1) is 0 Å². The van der Waals surface area contributed by atoms with Gasteiger partial charge in [0.2, 0.25) is 0 Å². The maximum atomic E-state index is 5.53. The summed E-state index contributed by atoms with van der Waals surface area (Å²) in [5, 5.41) is 11.3. The van der Waals surface area contributed by atoms with Crippen molar-refractivity contribution in [3.05, 3.63) is 204 Å². The Morgan fingerprint density at radius 1 is 0.426 bits per heavy atom. The molecule has 0 fully saturated rings. The molecule has 0 amide bonds. The fourth-order valence-electron chi connectivity index (χ4n) is 10.4. The van der Waals surface area contributed by atoms with Crippen LogP contribution in [-0.4, -0.2) is 37.2 Å². The molecule has 0 N–H and O–H groups in total. The van der Waals surface area contributed by atoms with Gasteiger partial charge in [-0.05, 0) is 128 Å². The van der Waals surface area contributed by atoms with E-state index in [0.717, 1.165) is 91.4 Å². The van der Waals surface area contributed by atoms with Gasteiger partial charge in [-0.15, -0.1) is 22.7 Å². The molecule has 0 bridgehead atoms. The Kier molecular flexibility index (Phi) is 9.70.